The molecule has 1 aromatic heterocycles. The van der Waals surface area contributed by atoms with E-state index in [9.17, 15) is 9.59 Å². The van der Waals surface area contributed by atoms with Gasteiger partial charge in [0.25, 0.3) is 5.91 Å². The number of carbonyl (C=O) groups excluding carboxylic acids is 2. The number of nitrogens with zero attached hydrogens (tertiary/aromatic N) is 1. The van der Waals surface area contributed by atoms with E-state index in [1.54, 1.807) is 42.5 Å². The number of esters is 1. The van der Waals surface area contributed by atoms with E-state index in [1.165, 1.54) is 7.11 Å². The summed E-state index contributed by atoms with van der Waals surface area (Å²) in [6.07, 6.45) is 0. The topological polar surface area (TPSA) is 80.3 Å². The van der Waals surface area contributed by atoms with Crippen LogP contribution >= 0.6 is 23.8 Å². The van der Waals surface area contributed by atoms with Crippen molar-refractivity contribution in [3.63, 3.8) is 0 Å². The Morgan fingerprint density at radius 3 is 2.36 bits per heavy atom. The molecule has 0 aliphatic heterocycles. The van der Waals surface area contributed by atoms with E-state index >= 15 is 0 Å². The molecule has 8 heteroatoms. The van der Waals surface area contributed by atoms with Gasteiger partial charge in [-0.2, -0.15) is 0 Å². The summed E-state index contributed by atoms with van der Waals surface area (Å²) in [6, 6.07) is 22.9. The molecule has 0 aliphatic carbocycles. The monoisotopic (exact) mass is 475 g/mol. The number of carbonyl (C=O) groups is 2. The first-order chi connectivity index (χ1) is 15.9. The summed E-state index contributed by atoms with van der Waals surface area (Å²) in [6.45, 7) is 0. The molecule has 0 atom stereocenters. The van der Waals surface area contributed by atoms with Gasteiger partial charge in [0.05, 0.1) is 29.4 Å². The first kappa shape index (κ1) is 22.4. The van der Waals surface area contributed by atoms with Crippen molar-refractivity contribution >= 4 is 57.4 Å². The van der Waals surface area contributed by atoms with E-state index in [0.29, 0.717) is 38.4 Å². The number of benzene rings is 3. The number of amides is 1. The second-order valence-electron chi connectivity index (χ2n) is 7.06. The van der Waals surface area contributed by atoms with Gasteiger partial charge in [-0.15, -0.1) is 0 Å². The predicted octanol–water partition coefficient (Wildman–Crippen LogP) is 5.47. The molecular weight excluding hydrogens is 458 g/mol. The Labute approximate surface area is 200 Å². The summed E-state index contributed by atoms with van der Waals surface area (Å²) in [5.74, 6) is -0.800. The van der Waals surface area contributed by atoms with Crippen LogP contribution in [0.15, 0.2) is 78.9 Å². The Balaban J connectivity index is 1.57. The maximum atomic E-state index is 13.1. The van der Waals surface area contributed by atoms with Crippen LogP contribution in [0, 0.1) is 0 Å². The first-order valence-electron chi connectivity index (χ1n) is 9.91. The number of rotatable bonds is 4. The van der Waals surface area contributed by atoms with Gasteiger partial charge >= 0.3 is 5.97 Å². The highest BCUT2D eigenvalue weighted by atomic mass is 35.5. The van der Waals surface area contributed by atoms with Gasteiger partial charge in [0.15, 0.2) is 5.11 Å². The molecule has 0 radical (unpaired) electrons. The molecule has 0 saturated heterocycles. The minimum Gasteiger partial charge on any atom is -0.465 e. The Bertz CT molecular complexity index is 1360. The molecule has 0 bridgehead atoms. The minimum atomic E-state index is -0.432. The van der Waals surface area contributed by atoms with Crippen molar-refractivity contribution in [2.45, 2.75) is 0 Å². The maximum absolute atomic E-state index is 13.1. The average molecular weight is 476 g/mol. The van der Waals surface area contributed by atoms with Gasteiger partial charge in [-0.1, -0.05) is 41.9 Å². The molecule has 3 aromatic carbocycles. The molecule has 164 valence electrons. The van der Waals surface area contributed by atoms with Crippen LogP contribution < -0.4 is 10.6 Å². The smallest absolute Gasteiger partial charge is 0.337 e. The van der Waals surface area contributed by atoms with Crippen LogP contribution in [0.5, 0.6) is 0 Å². The number of anilines is 1. The highest BCUT2D eigenvalue weighted by Crippen LogP contribution is 2.26. The number of para-hydroxylation sites is 1. The first-order valence-corrected chi connectivity index (χ1v) is 10.7. The van der Waals surface area contributed by atoms with E-state index < -0.39 is 5.97 Å². The Kier molecular flexibility index (Phi) is 6.63. The zero-order valence-electron chi connectivity index (χ0n) is 17.5. The van der Waals surface area contributed by atoms with E-state index in [-0.39, 0.29) is 11.0 Å². The van der Waals surface area contributed by atoms with Gasteiger partial charge in [-0.05, 0) is 60.7 Å². The molecule has 0 unspecified atom stereocenters. The zero-order valence-corrected chi connectivity index (χ0v) is 19.0. The van der Waals surface area contributed by atoms with Gasteiger partial charge in [-0.3, -0.25) is 10.1 Å². The summed E-state index contributed by atoms with van der Waals surface area (Å²) in [7, 11) is 1.32. The fraction of sp³-hybridized carbons (Fsp3) is 0.0400. The molecule has 0 aliphatic rings. The summed E-state index contributed by atoms with van der Waals surface area (Å²) in [4.78, 5) is 29.4. The van der Waals surface area contributed by atoms with Crippen LogP contribution in [0.4, 0.5) is 5.69 Å². The lowest BCUT2D eigenvalue weighted by atomic mass is 10.0. The number of hydrogen-bond acceptors (Lipinski definition) is 5. The Morgan fingerprint density at radius 2 is 1.67 bits per heavy atom. The second-order valence-corrected chi connectivity index (χ2v) is 7.90. The Hall–Kier alpha value is -3.81. The van der Waals surface area contributed by atoms with Gasteiger partial charge in [0.2, 0.25) is 0 Å². The van der Waals surface area contributed by atoms with Crippen LogP contribution in [0.2, 0.25) is 5.02 Å². The number of methoxy groups -OCH3 is 1. The number of aromatic nitrogens is 1. The van der Waals surface area contributed by atoms with Crippen molar-refractivity contribution < 1.29 is 14.3 Å². The van der Waals surface area contributed by atoms with Gasteiger partial charge in [0.1, 0.15) is 0 Å². The number of ether oxygens (including phenoxy) is 1. The van der Waals surface area contributed by atoms with E-state index in [0.717, 1.165) is 5.56 Å². The summed E-state index contributed by atoms with van der Waals surface area (Å²) in [5, 5.41) is 7.11. The molecule has 0 saturated carbocycles. The lowest BCUT2D eigenvalue weighted by Gasteiger charge is -2.13. The quantitative estimate of drug-likeness (QED) is 0.301. The molecule has 4 aromatic rings. The predicted molar refractivity (Wildman–Crippen MR) is 134 cm³/mol. The molecule has 0 fully saturated rings. The van der Waals surface area contributed by atoms with E-state index in [2.05, 4.69) is 20.4 Å². The number of hydrogen-bond donors (Lipinski definition) is 2. The lowest BCUT2D eigenvalue weighted by Crippen LogP contribution is -2.34. The number of pyridine rings is 1. The third-order valence-electron chi connectivity index (χ3n) is 4.89. The summed E-state index contributed by atoms with van der Waals surface area (Å²) < 4.78 is 4.69. The number of fused-ring (bicyclic) bond motifs is 1. The SMILES string of the molecule is COC(=O)c1ccc(NC(=S)NC(=O)c2cc(-c3ccc(Cl)cc3)nc3ccccc23)cc1. The van der Waals surface area contributed by atoms with Crippen LogP contribution in [-0.4, -0.2) is 29.1 Å². The number of halogens is 1. The van der Waals surface area contributed by atoms with Crippen LogP contribution in [0.25, 0.3) is 22.2 Å². The van der Waals surface area contributed by atoms with Crippen molar-refractivity contribution in [1.29, 1.82) is 0 Å². The van der Waals surface area contributed by atoms with Crippen LogP contribution in [-0.2, 0) is 4.74 Å². The third kappa shape index (κ3) is 5.16. The van der Waals surface area contributed by atoms with Crippen molar-refractivity contribution in [3.05, 3.63) is 95.0 Å². The fourth-order valence-electron chi connectivity index (χ4n) is 3.27. The number of nitrogens with one attached hydrogen (secondary N) is 2. The second kappa shape index (κ2) is 9.77. The molecule has 4 rings (SSSR count). The standard InChI is InChI=1S/C25H18ClN3O3S/c1-32-24(31)16-8-12-18(13-9-16)27-25(33)29-23(30)20-14-22(15-6-10-17(26)11-7-15)28-21-5-3-2-4-19(20)21/h2-14H,1H3,(H2,27,29,30,33). The molecule has 0 spiro atoms. The summed E-state index contributed by atoms with van der Waals surface area (Å²) >= 11 is 11.3. The van der Waals surface area contributed by atoms with Crippen molar-refractivity contribution in [3.8, 4) is 11.3 Å². The normalized spacial score (nSPS) is 10.5. The van der Waals surface area contributed by atoms with Gasteiger partial charge in [-0.25, -0.2) is 9.78 Å². The molecule has 1 amide bonds. The van der Waals surface area contributed by atoms with Crippen molar-refractivity contribution in [2.24, 2.45) is 0 Å². The molecule has 33 heavy (non-hydrogen) atoms. The van der Waals surface area contributed by atoms with Gasteiger partial charge in [0, 0.05) is 21.7 Å². The lowest BCUT2D eigenvalue weighted by molar-refractivity contribution is 0.0600. The zero-order chi connectivity index (χ0) is 23.4. The summed E-state index contributed by atoms with van der Waals surface area (Å²) in [5.41, 5.74) is 3.65. The van der Waals surface area contributed by atoms with Gasteiger partial charge < -0.3 is 10.1 Å². The molecule has 1 heterocycles. The van der Waals surface area contributed by atoms with E-state index in [1.807, 2.05) is 36.4 Å². The van der Waals surface area contributed by atoms with E-state index in [4.69, 9.17) is 23.8 Å². The molecule has 6 nitrogen and oxygen atoms in total. The van der Waals surface area contributed by atoms with Crippen molar-refractivity contribution in [2.75, 3.05) is 12.4 Å². The minimum absolute atomic E-state index is 0.125. The van der Waals surface area contributed by atoms with Crippen LogP contribution in [0.3, 0.4) is 0 Å². The average Bonchev–Trinajstić information content (AvgIpc) is 2.83. The molecular formula is C25H18ClN3O3S. The molecule has 2 N–H and O–H groups in total. The largest absolute Gasteiger partial charge is 0.465 e. The number of thiocarbonyl (C=S) groups is 1. The third-order valence-corrected chi connectivity index (χ3v) is 5.35. The maximum Gasteiger partial charge on any atom is 0.337 e. The van der Waals surface area contributed by atoms with Crippen molar-refractivity contribution in [1.82, 2.24) is 10.3 Å². The Morgan fingerprint density at radius 1 is 0.970 bits per heavy atom. The highest BCUT2D eigenvalue weighted by Gasteiger charge is 2.15. The highest BCUT2D eigenvalue weighted by molar-refractivity contribution is 7.80. The van der Waals surface area contributed by atoms with Crippen LogP contribution in [0.1, 0.15) is 20.7 Å². The fourth-order valence-corrected chi connectivity index (χ4v) is 3.61.